The Morgan fingerprint density at radius 3 is 2.72 bits per heavy atom. The summed E-state index contributed by atoms with van der Waals surface area (Å²) < 4.78 is 5.51. The molecule has 2 aromatic rings. The molecular weight excluding hydrogens is 308 g/mol. The molecule has 0 spiro atoms. The minimum absolute atomic E-state index is 0.0954. The van der Waals surface area contributed by atoms with E-state index >= 15 is 0 Å². The lowest BCUT2D eigenvalue weighted by molar-refractivity contribution is 0.416. The van der Waals surface area contributed by atoms with Crippen molar-refractivity contribution in [2.75, 3.05) is 19.0 Å². The molecule has 1 unspecified atom stereocenters. The second kappa shape index (κ2) is 7.16. The molecule has 3 heteroatoms. The van der Waals surface area contributed by atoms with Gasteiger partial charge in [0, 0.05) is 23.4 Å². The molecule has 0 aliphatic carbocycles. The largest absolute Gasteiger partial charge is 0.496 e. The van der Waals surface area contributed by atoms with Crippen LogP contribution in [0.4, 0.5) is 5.69 Å². The van der Waals surface area contributed by atoms with Gasteiger partial charge in [-0.15, -0.1) is 6.58 Å². The Bertz CT molecular complexity index is 809. The molecule has 0 radical (unpaired) electrons. The lowest BCUT2D eigenvalue weighted by Crippen LogP contribution is -2.36. The van der Waals surface area contributed by atoms with Crippen LogP contribution >= 0.6 is 0 Å². The molecule has 0 saturated heterocycles. The summed E-state index contributed by atoms with van der Waals surface area (Å²) in [6.45, 7) is 6.57. The quantitative estimate of drug-likeness (QED) is 0.742. The van der Waals surface area contributed by atoms with Gasteiger partial charge in [-0.3, -0.25) is 0 Å². The smallest absolute Gasteiger partial charge is 0.126 e. The first kappa shape index (κ1) is 17.3. The Balaban J connectivity index is 2.03. The molecular formula is C22H26N2O. The summed E-state index contributed by atoms with van der Waals surface area (Å²) in [5, 5.41) is 3.67. The van der Waals surface area contributed by atoms with Crippen molar-refractivity contribution in [3.05, 3.63) is 66.8 Å². The van der Waals surface area contributed by atoms with Crippen LogP contribution in [0.3, 0.4) is 0 Å². The summed E-state index contributed by atoms with van der Waals surface area (Å²) in [6, 6.07) is 14.6. The number of anilines is 1. The van der Waals surface area contributed by atoms with Crippen LogP contribution in [0.5, 0.6) is 5.75 Å². The SMILES string of the molecule is C=CCCC1(C)C=C(CN)c2cc(-c3ccccc3OC)ccc2N1. The second-order valence-electron chi connectivity index (χ2n) is 6.70. The summed E-state index contributed by atoms with van der Waals surface area (Å²) in [7, 11) is 1.70. The molecule has 0 fully saturated rings. The summed E-state index contributed by atoms with van der Waals surface area (Å²) in [6.07, 6.45) is 6.19. The van der Waals surface area contributed by atoms with E-state index in [1.165, 1.54) is 11.1 Å². The van der Waals surface area contributed by atoms with Gasteiger partial charge in [0.1, 0.15) is 5.75 Å². The molecule has 130 valence electrons. The molecule has 0 bridgehead atoms. The zero-order valence-electron chi connectivity index (χ0n) is 15.0. The summed E-state index contributed by atoms with van der Waals surface area (Å²) >= 11 is 0. The van der Waals surface area contributed by atoms with Crippen molar-refractivity contribution in [2.45, 2.75) is 25.3 Å². The van der Waals surface area contributed by atoms with Crippen molar-refractivity contribution < 1.29 is 4.74 Å². The Kier molecular flexibility index (Phi) is 4.95. The average Bonchev–Trinajstić information content (AvgIpc) is 2.65. The highest BCUT2D eigenvalue weighted by molar-refractivity contribution is 5.86. The van der Waals surface area contributed by atoms with Gasteiger partial charge in [-0.05, 0) is 49.1 Å². The maximum atomic E-state index is 6.07. The number of allylic oxidation sites excluding steroid dienone is 1. The number of methoxy groups -OCH3 is 1. The Morgan fingerprint density at radius 1 is 1.20 bits per heavy atom. The number of nitrogens with one attached hydrogen (secondary N) is 1. The first-order valence-corrected chi connectivity index (χ1v) is 8.69. The molecule has 3 rings (SSSR count). The van der Waals surface area contributed by atoms with Gasteiger partial charge in [0.05, 0.1) is 12.6 Å². The highest BCUT2D eigenvalue weighted by Gasteiger charge is 2.27. The average molecular weight is 334 g/mol. The standard InChI is InChI=1S/C22H26N2O/c1-4-5-12-22(2)14-17(15-23)19-13-16(10-11-20(19)24-22)18-8-6-7-9-21(18)25-3/h4,6-11,13-14,24H,1,5,12,15,23H2,2-3H3. The second-order valence-corrected chi connectivity index (χ2v) is 6.70. The minimum Gasteiger partial charge on any atom is -0.496 e. The van der Waals surface area contributed by atoms with Crippen LogP contribution in [0, 0.1) is 0 Å². The fourth-order valence-electron chi connectivity index (χ4n) is 3.48. The van der Waals surface area contributed by atoms with Crippen LogP contribution in [0.15, 0.2) is 61.2 Å². The molecule has 1 heterocycles. The minimum atomic E-state index is -0.0954. The molecule has 3 N–H and O–H groups in total. The van der Waals surface area contributed by atoms with Crippen LogP contribution in [-0.4, -0.2) is 19.2 Å². The number of para-hydroxylation sites is 1. The van der Waals surface area contributed by atoms with E-state index in [0.717, 1.165) is 35.4 Å². The van der Waals surface area contributed by atoms with Crippen LogP contribution < -0.4 is 15.8 Å². The molecule has 1 aliphatic rings. The first-order valence-electron chi connectivity index (χ1n) is 8.69. The van der Waals surface area contributed by atoms with Crippen molar-refractivity contribution in [1.82, 2.24) is 0 Å². The van der Waals surface area contributed by atoms with Crippen molar-refractivity contribution in [2.24, 2.45) is 5.73 Å². The fourth-order valence-corrected chi connectivity index (χ4v) is 3.48. The van der Waals surface area contributed by atoms with Crippen LogP contribution in [0.2, 0.25) is 0 Å². The molecule has 2 aromatic carbocycles. The number of rotatable bonds is 6. The van der Waals surface area contributed by atoms with Gasteiger partial charge in [-0.1, -0.05) is 36.4 Å². The van der Waals surface area contributed by atoms with E-state index in [9.17, 15) is 0 Å². The molecule has 0 aromatic heterocycles. The van der Waals surface area contributed by atoms with Gasteiger partial charge in [-0.25, -0.2) is 0 Å². The van der Waals surface area contributed by atoms with E-state index in [4.69, 9.17) is 10.5 Å². The van der Waals surface area contributed by atoms with Crippen molar-refractivity contribution >= 4 is 11.3 Å². The number of hydrogen-bond donors (Lipinski definition) is 2. The summed E-state index contributed by atoms with van der Waals surface area (Å²) in [5.74, 6) is 0.875. The Morgan fingerprint density at radius 2 is 2.00 bits per heavy atom. The highest BCUT2D eigenvalue weighted by Crippen LogP contribution is 2.39. The third kappa shape index (κ3) is 3.47. The third-order valence-corrected chi connectivity index (χ3v) is 4.78. The number of nitrogens with two attached hydrogens (primary N) is 1. The summed E-state index contributed by atoms with van der Waals surface area (Å²) in [5.41, 5.74) is 11.7. The normalized spacial score (nSPS) is 18.8. The van der Waals surface area contributed by atoms with Gasteiger partial charge in [0.25, 0.3) is 0 Å². The molecule has 1 atom stereocenters. The van der Waals surface area contributed by atoms with E-state index in [0.29, 0.717) is 6.54 Å². The van der Waals surface area contributed by atoms with Gasteiger partial charge in [0.2, 0.25) is 0 Å². The molecule has 0 amide bonds. The van der Waals surface area contributed by atoms with Crippen molar-refractivity contribution in [3.63, 3.8) is 0 Å². The monoisotopic (exact) mass is 334 g/mol. The van der Waals surface area contributed by atoms with E-state index in [1.807, 2.05) is 24.3 Å². The fraction of sp³-hybridized carbons (Fsp3) is 0.273. The molecule has 25 heavy (non-hydrogen) atoms. The van der Waals surface area contributed by atoms with Gasteiger partial charge in [0.15, 0.2) is 0 Å². The van der Waals surface area contributed by atoms with Crippen LogP contribution in [0.1, 0.15) is 25.3 Å². The third-order valence-electron chi connectivity index (χ3n) is 4.78. The first-order chi connectivity index (χ1) is 12.1. The van der Waals surface area contributed by atoms with Crippen molar-refractivity contribution in [3.8, 4) is 16.9 Å². The molecule has 0 saturated carbocycles. The summed E-state index contributed by atoms with van der Waals surface area (Å²) in [4.78, 5) is 0. The number of hydrogen-bond acceptors (Lipinski definition) is 3. The predicted molar refractivity (Wildman–Crippen MR) is 107 cm³/mol. The van der Waals surface area contributed by atoms with Gasteiger partial charge in [-0.2, -0.15) is 0 Å². The maximum absolute atomic E-state index is 6.07. The van der Waals surface area contributed by atoms with E-state index < -0.39 is 0 Å². The van der Waals surface area contributed by atoms with E-state index in [2.05, 4.69) is 49.2 Å². The lowest BCUT2D eigenvalue weighted by atomic mass is 9.85. The van der Waals surface area contributed by atoms with Crippen LogP contribution in [0.25, 0.3) is 16.7 Å². The van der Waals surface area contributed by atoms with E-state index in [-0.39, 0.29) is 5.54 Å². The van der Waals surface area contributed by atoms with Gasteiger partial charge < -0.3 is 15.8 Å². The Hall–Kier alpha value is -2.52. The van der Waals surface area contributed by atoms with Crippen molar-refractivity contribution in [1.29, 1.82) is 0 Å². The molecule has 1 aliphatic heterocycles. The number of ether oxygens (including phenoxy) is 1. The Labute approximate surface area is 150 Å². The number of fused-ring (bicyclic) bond motifs is 1. The lowest BCUT2D eigenvalue weighted by Gasteiger charge is -2.35. The van der Waals surface area contributed by atoms with Crippen LogP contribution in [-0.2, 0) is 0 Å². The zero-order chi connectivity index (χ0) is 17.9. The molecule has 3 nitrogen and oxygen atoms in total. The predicted octanol–water partition coefficient (Wildman–Crippen LogP) is 4.85. The number of benzene rings is 2. The zero-order valence-corrected chi connectivity index (χ0v) is 15.0. The highest BCUT2D eigenvalue weighted by atomic mass is 16.5. The van der Waals surface area contributed by atoms with E-state index in [1.54, 1.807) is 7.11 Å². The topological polar surface area (TPSA) is 47.3 Å². The van der Waals surface area contributed by atoms with Gasteiger partial charge >= 0.3 is 0 Å². The maximum Gasteiger partial charge on any atom is 0.126 e.